The van der Waals surface area contributed by atoms with Gasteiger partial charge in [-0.3, -0.25) is 4.79 Å². The average molecular weight is 275 g/mol. The molecule has 0 amide bonds. The van der Waals surface area contributed by atoms with Crippen molar-refractivity contribution in [2.45, 2.75) is 17.8 Å². The molecule has 96 valence electrons. The largest absolute Gasteiger partial charge is 0.301 e. The molecule has 1 aromatic heterocycles. The van der Waals surface area contributed by atoms with Gasteiger partial charge in [0.25, 0.3) is 5.56 Å². The second kappa shape index (κ2) is 5.67. The number of aromatic amines is 1. The number of hydrogen-bond acceptors (Lipinski definition) is 4. The van der Waals surface area contributed by atoms with Crippen molar-refractivity contribution in [1.29, 1.82) is 5.26 Å². The molecule has 1 N–H and O–H groups in total. The van der Waals surface area contributed by atoms with Crippen LogP contribution < -0.4 is 5.56 Å². The van der Waals surface area contributed by atoms with Crippen molar-refractivity contribution in [3.8, 4) is 6.07 Å². The minimum Gasteiger partial charge on any atom is -0.301 e. The molecule has 0 atom stereocenters. The zero-order chi connectivity index (χ0) is 13.8. The molecule has 0 radical (unpaired) electrons. The van der Waals surface area contributed by atoms with E-state index in [0.29, 0.717) is 27.7 Å². The highest BCUT2D eigenvalue weighted by atomic mass is 32.2. The lowest BCUT2D eigenvalue weighted by Gasteiger charge is -2.04. The van der Waals surface area contributed by atoms with Gasteiger partial charge in [0.05, 0.1) is 11.6 Å². The molecular weight excluding hydrogens is 265 g/mol. The zero-order valence-corrected chi connectivity index (χ0v) is 10.9. The third kappa shape index (κ3) is 3.42. The molecule has 0 saturated heterocycles. The van der Waals surface area contributed by atoms with Crippen LogP contribution >= 0.6 is 11.8 Å². The van der Waals surface area contributed by atoms with Gasteiger partial charge >= 0.3 is 0 Å². The summed E-state index contributed by atoms with van der Waals surface area (Å²) in [5.74, 6) is -0.0743. The average Bonchev–Trinajstić information content (AvgIpc) is 2.37. The van der Waals surface area contributed by atoms with E-state index in [2.05, 4.69) is 9.97 Å². The third-order valence-electron chi connectivity index (χ3n) is 2.39. The monoisotopic (exact) mass is 275 g/mol. The number of aryl methyl sites for hydroxylation is 1. The van der Waals surface area contributed by atoms with Crippen LogP contribution in [-0.4, -0.2) is 9.97 Å². The maximum absolute atomic E-state index is 13.6. The topological polar surface area (TPSA) is 69.5 Å². The minimum absolute atomic E-state index is 0.235. The van der Waals surface area contributed by atoms with Crippen LogP contribution in [0.15, 0.2) is 34.2 Å². The van der Waals surface area contributed by atoms with Crippen LogP contribution in [0.3, 0.4) is 0 Å². The van der Waals surface area contributed by atoms with Crippen LogP contribution in [0, 0.1) is 24.1 Å². The maximum atomic E-state index is 13.6. The number of thioether (sulfide) groups is 1. The molecular formula is C13H10FN3OS. The molecule has 0 aliphatic heterocycles. The number of halogens is 1. The number of hydrogen-bond donors (Lipinski definition) is 1. The molecule has 0 bridgehead atoms. The summed E-state index contributed by atoms with van der Waals surface area (Å²) in [6, 6.07) is 7.54. The van der Waals surface area contributed by atoms with E-state index in [1.54, 1.807) is 6.92 Å². The Balaban J connectivity index is 2.19. The van der Waals surface area contributed by atoms with E-state index in [0.717, 1.165) is 0 Å². The van der Waals surface area contributed by atoms with Crippen LogP contribution in [0.2, 0.25) is 0 Å². The molecule has 6 heteroatoms. The van der Waals surface area contributed by atoms with Gasteiger partial charge in [0.1, 0.15) is 5.82 Å². The second-order valence-corrected chi connectivity index (χ2v) is 4.86. The smallest absolute Gasteiger partial charge is 0.251 e. The van der Waals surface area contributed by atoms with Crippen molar-refractivity contribution in [1.82, 2.24) is 9.97 Å². The van der Waals surface area contributed by atoms with E-state index >= 15 is 0 Å². The fourth-order valence-electron chi connectivity index (χ4n) is 1.52. The fraction of sp³-hybridized carbons (Fsp3) is 0.154. The molecule has 0 spiro atoms. The van der Waals surface area contributed by atoms with Gasteiger partial charge in [-0.05, 0) is 30.7 Å². The molecule has 0 fully saturated rings. The summed E-state index contributed by atoms with van der Waals surface area (Å²) in [6.07, 6.45) is 0. The molecule has 1 heterocycles. The summed E-state index contributed by atoms with van der Waals surface area (Å²) < 4.78 is 13.6. The van der Waals surface area contributed by atoms with Gasteiger partial charge in [0.2, 0.25) is 0 Å². The van der Waals surface area contributed by atoms with Crippen LogP contribution in [-0.2, 0) is 5.75 Å². The second-order valence-electron chi connectivity index (χ2n) is 3.90. The molecule has 19 heavy (non-hydrogen) atoms. The summed E-state index contributed by atoms with van der Waals surface area (Å²) in [7, 11) is 0. The molecule has 4 nitrogen and oxygen atoms in total. The highest BCUT2D eigenvalue weighted by molar-refractivity contribution is 7.98. The van der Waals surface area contributed by atoms with Crippen LogP contribution in [0.5, 0.6) is 0 Å². The molecule has 2 aromatic rings. The van der Waals surface area contributed by atoms with Crippen LogP contribution in [0.4, 0.5) is 4.39 Å². The van der Waals surface area contributed by atoms with Gasteiger partial charge in [-0.1, -0.05) is 11.8 Å². The lowest BCUT2D eigenvalue weighted by atomic mass is 10.1. The zero-order valence-electron chi connectivity index (χ0n) is 10.1. The SMILES string of the molecule is Cc1cc(=O)[nH]c(SCc2cc(C#N)ccc2F)n1. The first-order chi connectivity index (χ1) is 9.08. The van der Waals surface area contributed by atoms with E-state index in [4.69, 9.17) is 5.26 Å². The molecule has 0 saturated carbocycles. The van der Waals surface area contributed by atoms with Crippen molar-refractivity contribution in [3.05, 3.63) is 57.3 Å². The first-order valence-electron chi connectivity index (χ1n) is 5.48. The predicted octanol–water partition coefficient (Wildman–Crippen LogP) is 2.38. The Morgan fingerprint density at radius 2 is 2.26 bits per heavy atom. The Morgan fingerprint density at radius 1 is 1.47 bits per heavy atom. The van der Waals surface area contributed by atoms with Crippen LogP contribution in [0.25, 0.3) is 0 Å². The number of nitriles is 1. The lowest BCUT2D eigenvalue weighted by Crippen LogP contribution is -2.08. The Hall–Kier alpha value is -2.13. The van der Waals surface area contributed by atoms with Crippen molar-refractivity contribution in [2.75, 3.05) is 0 Å². The maximum Gasteiger partial charge on any atom is 0.251 e. The van der Waals surface area contributed by atoms with Gasteiger partial charge in [0, 0.05) is 17.5 Å². The molecule has 1 aromatic carbocycles. The van der Waals surface area contributed by atoms with Gasteiger partial charge in [-0.15, -0.1) is 0 Å². The summed E-state index contributed by atoms with van der Waals surface area (Å²) in [6.45, 7) is 1.72. The first kappa shape index (κ1) is 13.3. The Morgan fingerprint density at radius 3 is 2.95 bits per heavy atom. The number of nitrogens with zero attached hydrogens (tertiary/aromatic N) is 2. The van der Waals surface area contributed by atoms with Crippen LogP contribution in [0.1, 0.15) is 16.8 Å². The van der Waals surface area contributed by atoms with Gasteiger partial charge in [-0.2, -0.15) is 5.26 Å². The van der Waals surface area contributed by atoms with Gasteiger partial charge in [0.15, 0.2) is 5.16 Å². The molecule has 0 aliphatic rings. The standard InChI is InChI=1S/C13H10FN3OS/c1-8-4-12(18)17-13(16-8)19-7-10-5-9(6-15)2-3-11(10)14/h2-5H,7H2,1H3,(H,16,17,18). The number of aromatic nitrogens is 2. The van der Waals surface area contributed by atoms with E-state index < -0.39 is 0 Å². The summed E-state index contributed by atoms with van der Waals surface area (Å²) in [4.78, 5) is 18.0. The van der Waals surface area contributed by atoms with Gasteiger partial charge in [-0.25, -0.2) is 9.37 Å². The number of H-pyrrole nitrogens is 1. The van der Waals surface area contributed by atoms with Crippen molar-refractivity contribution in [2.24, 2.45) is 0 Å². The van der Waals surface area contributed by atoms with E-state index in [1.807, 2.05) is 6.07 Å². The molecule has 0 unspecified atom stereocenters. The third-order valence-corrected chi connectivity index (χ3v) is 3.31. The number of rotatable bonds is 3. The summed E-state index contributed by atoms with van der Waals surface area (Å²) in [5, 5.41) is 9.21. The first-order valence-corrected chi connectivity index (χ1v) is 6.46. The van der Waals surface area contributed by atoms with Crippen molar-refractivity contribution >= 4 is 11.8 Å². The van der Waals surface area contributed by atoms with E-state index in [9.17, 15) is 9.18 Å². The summed E-state index contributed by atoms with van der Waals surface area (Å²) >= 11 is 1.22. The Labute approximate surface area is 113 Å². The Bertz CT molecular complexity index is 706. The number of benzene rings is 1. The van der Waals surface area contributed by atoms with Gasteiger partial charge < -0.3 is 4.98 Å². The Kier molecular flexibility index (Phi) is 3.97. The fourth-order valence-corrected chi connectivity index (χ4v) is 2.42. The van der Waals surface area contributed by atoms with E-state index in [1.165, 1.54) is 36.0 Å². The van der Waals surface area contributed by atoms with E-state index in [-0.39, 0.29) is 11.4 Å². The van der Waals surface area contributed by atoms with Crippen molar-refractivity contribution < 1.29 is 4.39 Å². The molecule has 2 rings (SSSR count). The summed E-state index contributed by atoms with van der Waals surface area (Å²) in [5.41, 5.74) is 1.19. The highest BCUT2D eigenvalue weighted by Gasteiger charge is 2.06. The van der Waals surface area contributed by atoms with Crippen molar-refractivity contribution in [3.63, 3.8) is 0 Å². The predicted molar refractivity (Wildman–Crippen MR) is 70.3 cm³/mol. The highest BCUT2D eigenvalue weighted by Crippen LogP contribution is 2.21. The normalized spacial score (nSPS) is 10.2. The minimum atomic E-state index is -0.374. The number of nitrogens with one attached hydrogen (secondary N) is 1. The lowest BCUT2D eigenvalue weighted by molar-refractivity contribution is 0.617. The quantitative estimate of drug-likeness (QED) is 0.689. The molecule has 0 aliphatic carbocycles.